The summed E-state index contributed by atoms with van der Waals surface area (Å²) in [7, 11) is 4.96. The number of hydrogen-bond donors (Lipinski definition) is 2. The van der Waals surface area contributed by atoms with Crippen molar-refractivity contribution >= 4 is 29.9 Å². The van der Waals surface area contributed by atoms with Crippen molar-refractivity contribution in [3.63, 3.8) is 0 Å². The first kappa shape index (κ1) is 23.9. The highest BCUT2D eigenvalue weighted by atomic mass is 127. The molecule has 0 heterocycles. The van der Waals surface area contributed by atoms with Crippen LogP contribution in [0.3, 0.4) is 0 Å². The molecule has 0 aliphatic rings. The smallest absolute Gasteiger partial charge is 0.191 e. The molecule has 0 aliphatic heterocycles. The van der Waals surface area contributed by atoms with Crippen LogP contribution in [-0.4, -0.2) is 40.4 Å². The van der Waals surface area contributed by atoms with Crippen LogP contribution in [0.25, 0.3) is 0 Å². The number of halogens is 1. The normalized spacial score (nSPS) is 10.6. The van der Waals surface area contributed by atoms with E-state index >= 15 is 0 Å². The molecule has 0 spiro atoms. The van der Waals surface area contributed by atoms with Gasteiger partial charge in [0.2, 0.25) is 0 Å². The lowest BCUT2D eigenvalue weighted by Gasteiger charge is -2.13. The van der Waals surface area contributed by atoms with E-state index < -0.39 is 0 Å². The Morgan fingerprint density at radius 2 is 1.68 bits per heavy atom. The maximum atomic E-state index is 5.36. The standard InChI is InChI=1S/C21H29N3O3.HI/c1-5-22-21(24-15-17-7-6-8-18(13-17)25-2)23-12-11-16-9-10-19(26-3)20(14-16)27-4;/h6-10,13-14H,5,11-12,15H2,1-4H3,(H2,22,23,24);1H. The SMILES string of the molecule is CCNC(=NCc1cccc(OC)c1)NCCc1ccc(OC)c(OC)c1.I. The third-order valence-electron chi connectivity index (χ3n) is 4.05. The number of rotatable bonds is 9. The van der Waals surface area contributed by atoms with E-state index in [1.54, 1.807) is 21.3 Å². The molecule has 0 saturated carbocycles. The molecule has 2 aromatic carbocycles. The lowest BCUT2D eigenvalue weighted by molar-refractivity contribution is 0.354. The van der Waals surface area contributed by atoms with E-state index in [1.165, 1.54) is 5.56 Å². The molecule has 0 saturated heterocycles. The predicted octanol–water partition coefficient (Wildman–Crippen LogP) is 3.63. The number of aliphatic imine (C=N–C) groups is 1. The summed E-state index contributed by atoms with van der Waals surface area (Å²) in [5.74, 6) is 3.12. The van der Waals surface area contributed by atoms with E-state index in [2.05, 4.69) is 22.5 Å². The molecular weight excluding hydrogens is 469 g/mol. The molecule has 0 bridgehead atoms. The predicted molar refractivity (Wildman–Crippen MR) is 124 cm³/mol. The van der Waals surface area contributed by atoms with E-state index in [0.717, 1.165) is 48.3 Å². The Hall–Kier alpha value is -2.16. The number of methoxy groups -OCH3 is 3. The van der Waals surface area contributed by atoms with Crippen LogP contribution in [0.4, 0.5) is 0 Å². The van der Waals surface area contributed by atoms with Gasteiger partial charge in [-0.3, -0.25) is 0 Å². The minimum Gasteiger partial charge on any atom is -0.497 e. The summed E-state index contributed by atoms with van der Waals surface area (Å²) in [4.78, 5) is 4.65. The maximum Gasteiger partial charge on any atom is 0.191 e. The van der Waals surface area contributed by atoms with Gasteiger partial charge in [-0.25, -0.2) is 4.99 Å². The van der Waals surface area contributed by atoms with Gasteiger partial charge in [0.15, 0.2) is 17.5 Å². The number of hydrogen-bond acceptors (Lipinski definition) is 4. The molecule has 2 rings (SSSR count). The zero-order valence-electron chi connectivity index (χ0n) is 17.0. The van der Waals surface area contributed by atoms with E-state index in [9.17, 15) is 0 Å². The summed E-state index contributed by atoms with van der Waals surface area (Å²) in [6, 6.07) is 13.9. The Kier molecular flexibility index (Phi) is 11.2. The quantitative estimate of drug-likeness (QED) is 0.314. The third kappa shape index (κ3) is 7.46. The van der Waals surface area contributed by atoms with Gasteiger partial charge in [0, 0.05) is 13.1 Å². The van der Waals surface area contributed by atoms with Crippen molar-refractivity contribution < 1.29 is 14.2 Å². The van der Waals surface area contributed by atoms with Gasteiger partial charge >= 0.3 is 0 Å². The second-order valence-corrected chi connectivity index (χ2v) is 5.91. The van der Waals surface area contributed by atoms with Gasteiger partial charge in [-0.15, -0.1) is 24.0 Å². The minimum atomic E-state index is 0. The zero-order valence-corrected chi connectivity index (χ0v) is 19.3. The van der Waals surface area contributed by atoms with Crippen LogP contribution in [0.5, 0.6) is 17.2 Å². The number of nitrogens with zero attached hydrogens (tertiary/aromatic N) is 1. The first-order valence-electron chi connectivity index (χ1n) is 9.06. The van der Waals surface area contributed by atoms with Crippen LogP contribution in [0.2, 0.25) is 0 Å². The van der Waals surface area contributed by atoms with Gasteiger partial charge in [-0.2, -0.15) is 0 Å². The second kappa shape index (κ2) is 13.1. The Morgan fingerprint density at radius 3 is 2.36 bits per heavy atom. The molecule has 0 aromatic heterocycles. The van der Waals surface area contributed by atoms with E-state index in [4.69, 9.17) is 14.2 Å². The molecule has 0 fully saturated rings. The maximum absolute atomic E-state index is 5.36. The molecule has 154 valence electrons. The Morgan fingerprint density at radius 1 is 0.893 bits per heavy atom. The Bertz CT molecular complexity index is 753. The molecule has 2 aromatic rings. The second-order valence-electron chi connectivity index (χ2n) is 5.91. The molecule has 28 heavy (non-hydrogen) atoms. The number of benzene rings is 2. The highest BCUT2D eigenvalue weighted by Gasteiger charge is 2.05. The fourth-order valence-electron chi connectivity index (χ4n) is 2.64. The van der Waals surface area contributed by atoms with Gasteiger partial charge in [0.1, 0.15) is 5.75 Å². The summed E-state index contributed by atoms with van der Waals surface area (Å²) in [6.45, 7) is 4.21. The van der Waals surface area contributed by atoms with E-state index in [-0.39, 0.29) is 24.0 Å². The summed E-state index contributed by atoms with van der Waals surface area (Å²) < 4.78 is 15.9. The summed E-state index contributed by atoms with van der Waals surface area (Å²) in [6.07, 6.45) is 0.851. The molecule has 2 N–H and O–H groups in total. The van der Waals surface area contributed by atoms with Gasteiger partial charge in [0.05, 0.1) is 27.9 Å². The highest BCUT2D eigenvalue weighted by Crippen LogP contribution is 2.27. The van der Waals surface area contributed by atoms with Crippen LogP contribution in [0.15, 0.2) is 47.5 Å². The van der Waals surface area contributed by atoms with Crippen LogP contribution in [0.1, 0.15) is 18.1 Å². The Labute approximate surface area is 184 Å². The molecule has 7 heteroatoms. The van der Waals surface area contributed by atoms with E-state index in [0.29, 0.717) is 6.54 Å². The largest absolute Gasteiger partial charge is 0.497 e. The molecule has 0 atom stereocenters. The van der Waals surface area contributed by atoms with Crippen molar-refractivity contribution in [2.75, 3.05) is 34.4 Å². The number of ether oxygens (including phenoxy) is 3. The van der Waals surface area contributed by atoms with Crippen molar-refractivity contribution in [3.05, 3.63) is 53.6 Å². The highest BCUT2D eigenvalue weighted by molar-refractivity contribution is 14.0. The summed E-state index contributed by atoms with van der Waals surface area (Å²) in [5.41, 5.74) is 2.27. The van der Waals surface area contributed by atoms with Gasteiger partial charge < -0.3 is 24.8 Å². The molecule has 6 nitrogen and oxygen atoms in total. The number of nitrogens with one attached hydrogen (secondary N) is 2. The van der Waals surface area contributed by atoms with Crippen LogP contribution >= 0.6 is 24.0 Å². The minimum absolute atomic E-state index is 0. The zero-order chi connectivity index (χ0) is 19.5. The van der Waals surface area contributed by atoms with E-state index in [1.807, 2.05) is 42.5 Å². The topological polar surface area (TPSA) is 64.1 Å². The monoisotopic (exact) mass is 499 g/mol. The van der Waals surface area contributed by atoms with Crippen LogP contribution < -0.4 is 24.8 Å². The molecule has 0 unspecified atom stereocenters. The fourth-order valence-corrected chi connectivity index (χ4v) is 2.64. The third-order valence-corrected chi connectivity index (χ3v) is 4.05. The number of guanidine groups is 1. The van der Waals surface area contributed by atoms with Crippen molar-refractivity contribution in [2.45, 2.75) is 19.9 Å². The summed E-state index contributed by atoms with van der Waals surface area (Å²) in [5, 5.41) is 6.64. The van der Waals surface area contributed by atoms with Crippen molar-refractivity contribution in [1.82, 2.24) is 10.6 Å². The first-order valence-corrected chi connectivity index (χ1v) is 9.06. The van der Waals surface area contributed by atoms with Crippen LogP contribution in [0, 0.1) is 0 Å². The van der Waals surface area contributed by atoms with Gasteiger partial charge in [-0.05, 0) is 48.7 Å². The van der Waals surface area contributed by atoms with Crippen molar-refractivity contribution in [2.24, 2.45) is 4.99 Å². The van der Waals surface area contributed by atoms with Gasteiger partial charge in [-0.1, -0.05) is 18.2 Å². The molecule has 0 amide bonds. The van der Waals surface area contributed by atoms with Gasteiger partial charge in [0.25, 0.3) is 0 Å². The average molecular weight is 499 g/mol. The van der Waals surface area contributed by atoms with Crippen LogP contribution in [-0.2, 0) is 13.0 Å². The lowest BCUT2D eigenvalue weighted by atomic mass is 10.1. The Balaban J connectivity index is 0.00000392. The average Bonchev–Trinajstić information content (AvgIpc) is 2.72. The molecular formula is C21H30IN3O3. The summed E-state index contributed by atoms with van der Waals surface area (Å²) >= 11 is 0. The first-order chi connectivity index (χ1) is 13.2. The lowest BCUT2D eigenvalue weighted by Crippen LogP contribution is -2.38. The molecule has 0 radical (unpaired) electrons. The molecule has 0 aliphatic carbocycles. The van der Waals surface area contributed by atoms with Crippen molar-refractivity contribution in [3.8, 4) is 17.2 Å². The van der Waals surface area contributed by atoms with Crippen molar-refractivity contribution in [1.29, 1.82) is 0 Å². The fraction of sp³-hybridized carbons (Fsp3) is 0.381.